The van der Waals surface area contributed by atoms with Crippen LogP contribution in [0.1, 0.15) is 100 Å². The zero-order chi connectivity index (χ0) is 38.4. The number of carbonyl (C=O) groups excluding carboxylic acids is 4. The molecule has 1 aromatic carbocycles. The van der Waals surface area contributed by atoms with Crippen LogP contribution in [-0.2, 0) is 30.4 Å². The zero-order valence-corrected chi connectivity index (χ0v) is 32.4. The minimum Gasteiger partial charge on any atom is -0.480 e. The molecule has 0 aliphatic carbocycles. The molecule has 286 valence electrons. The van der Waals surface area contributed by atoms with Crippen molar-refractivity contribution in [2.75, 3.05) is 6.54 Å². The Morgan fingerprint density at radius 1 is 1.06 bits per heavy atom. The van der Waals surface area contributed by atoms with Crippen molar-refractivity contribution in [2.24, 2.45) is 40.7 Å². The number of fused-ring (bicyclic) bond motifs is 1. The molecular formula is C39H64N6O6. The van der Waals surface area contributed by atoms with Crippen LogP contribution in [0.2, 0.25) is 0 Å². The number of amides is 4. The number of rotatable bonds is 13. The maximum Gasteiger partial charge on any atom is 0.326 e. The predicted octanol–water partition coefficient (Wildman–Crippen LogP) is 3.73. The highest BCUT2D eigenvalue weighted by atomic mass is 16.4. The number of nitrogens with one attached hydrogen (secondary N) is 3. The molecule has 2 fully saturated rings. The second-order valence-corrected chi connectivity index (χ2v) is 17.0. The van der Waals surface area contributed by atoms with Gasteiger partial charge in [-0.05, 0) is 47.5 Å². The van der Waals surface area contributed by atoms with E-state index in [0.717, 1.165) is 5.56 Å². The fourth-order valence-electron chi connectivity index (χ4n) is 7.52. The quantitative estimate of drug-likeness (QED) is 0.206. The second-order valence-electron chi connectivity index (χ2n) is 17.0. The zero-order valence-electron chi connectivity index (χ0n) is 32.4. The second kappa shape index (κ2) is 17.8. The van der Waals surface area contributed by atoms with Crippen molar-refractivity contribution in [1.82, 2.24) is 26.0 Å². The summed E-state index contributed by atoms with van der Waals surface area (Å²) in [5.74, 6) is -3.99. The highest BCUT2D eigenvalue weighted by molar-refractivity contribution is 5.92. The lowest BCUT2D eigenvalue weighted by atomic mass is 9.75. The number of nitrogens with zero attached hydrogens (tertiary/aromatic N) is 2. The van der Waals surface area contributed by atoms with E-state index in [1.165, 1.54) is 0 Å². The SMILES string of the molecule is CC[C@H](C)[C@@H](C(=O)N[C@H](C(=O)O)C(C)C)N1CC(C)C[C@H](NC(=O)CC(C)C)[C@H]2NN(C(=O)CC(C)(C)C)[C@@H](Cc3ccccc3)[C@@H](N)C2C1=O. The maximum absolute atomic E-state index is 15.2. The van der Waals surface area contributed by atoms with Gasteiger partial charge in [-0.25, -0.2) is 10.2 Å². The van der Waals surface area contributed by atoms with E-state index in [2.05, 4.69) is 16.1 Å². The van der Waals surface area contributed by atoms with Gasteiger partial charge in [0.15, 0.2) is 0 Å². The molecule has 3 rings (SSSR count). The molecule has 0 radical (unpaired) electrons. The summed E-state index contributed by atoms with van der Waals surface area (Å²) in [6.45, 7) is 19.4. The Labute approximate surface area is 305 Å². The number of hydrazine groups is 1. The summed E-state index contributed by atoms with van der Waals surface area (Å²) in [5.41, 5.74) is 11.3. The van der Waals surface area contributed by atoms with E-state index in [-0.39, 0.29) is 59.8 Å². The molecule has 0 spiro atoms. The topological polar surface area (TPSA) is 174 Å². The van der Waals surface area contributed by atoms with Gasteiger partial charge in [-0.3, -0.25) is 24.2 Å². The van der Waals surface area contributed by atoms with E-state index in [1.54, 1.807) is 23.8 Å². The highest BCUT2D eigenvalue weighted by Crippen LogP contribution is 2.34. The summed E-state index contributed by atoms with van der Waals surface area (Å²) in [7, 11) is 0. The fourth-order valence-corrected chi connectivity index (χ4v) is 7.52. The number of hydrogen-bond donors (Lipinski definition) is 5. The lowest BCUT2D eigenvalue weighted by molar-refractivity contribution is -0.160. The van der Waals surface area contributed by atoms with E-state index < -0.39 is 54.0 Å². The normalized spacial score (nSPS) is 26.1. The first-order valence-corrected chi connectivity index (χ1v) is 18.8. The molecule has 2 aliphatic rings. The Morgan fingerprint density at radius 3 is 2.22 bits per heavy atom. The van der Waals surface area contributed by atoms with Gasteiger partial charge in [0.25, 0.3) is 0 Å². The molecule has 12 nitrogen and oxygen atoms in total. The molecule has 12 heteroatoms. The Bertz CT molecular complexity index is 1360. The van der Waals surface area contributed by atoms with Crippen molar-refractivity contribution in [1.29, 1.82) is 0 Å². The van der Waals surface area contributed by atoms with Crippen LogP contribution in [0.25, 0.3) is 0 Å². The number of nitrogens with two attached hydrogens (primary N) is 1. The van der Waals surface area contributed by atoms with Crippen LogP contribution in [0.4, 0.5) is 0 Å². The maximum atomic E-state index is 15.2. The van der Waals surface area contributed by atoms with Crippen LogP contribution in [0.15, 0.2) is 30.3 Å². The molecule has 2 saturated heterocycles. The number of carboxylic acids is 1. The number of aliphatic carboxylic acids is 1. The third kappa shape index (κ3) is 11.0. The van der Waals surface area contributed by atoms with Crippen molar-refractivity contribution < 1.29 is 29.1 Å². The summed E-state index contributed by atoms with van der Waals surface area (Å²) < 4.78 is 0. The number of hydrogen-bond acceptors (Lipinski definition) is 7. The molecule has 2 aliphatic heterocycles. The smallest absolute Gasteiger partial charge is 0.326 e. The minimum atomic E-state index is -1.14. The first-order valence-electron chi connectivity index (χ1n) is 18.8. The van der Waals surface area contributed by atoms with Crippen LogP contribution in [0.3, 0.4) is 0 Å². The van der Waals surface area contributed by atoms with Crippen molar-refractivity contribution in [3.8, 4) is 0 Å². The molecule has 0 aromatic heterocycles. The van der Waals surface area contributed by atoms with Crippen molar-refractivity contribution in [3.05, 3.63) is 35.9 Å². The Balaban J connectivity index is 2.19. The van der Waals surface area contributed by atoms with Crippen molar-refractivity contribution in [2.45, 2.75) is 138 Å². The van der Waals surface area contributed by atoms with Gasteiger partial charge < -0.3 is 26.4 Å². The van der Waals surface area contributed by atoms with E-state index in [9.17, 15) is 24.3 Å². The standard InChI is InChI=1S/C39H64N6O6/c1-11-25(7)35(36(48)42-33(23(4)5)38(50)51)44-21-24(6)18-27(41-29(46)17-22(2)3)34-31(37(44)49)32(40)28(19-26-15-13-12-14-16-26)45(43-34)30(47)20-39(8,9)10/h12-16,22-25,27-28,31-35,43H,11,17-21,40H2,1-10H3,(H,41,46)(H,42,48)(H,50,51)/t24?,25-,27-,28-,31?,32+,33-,34+,35-/m0/s1. The van der Waals surface area contributed by atoms with Gasteiger partial charge in [0, 0.05) is 31.5 Å². The Hall–Kier alpha value is -3.51. The molecule has 51 heavy (non-hydrogen) atoms. The summed E-state index contributed by atoms with van der Waals surface area (Å²) in [5, 5.41) is 17.4. The molecule has 0 bridgehead atoms. The van der Waals surface area contributed by atoms with Crippen molar-refractivity contribution >= 4 is 29.6 Å². The van der Waals surface area contributed by atoms with Crippen LogP contribution >= 0.6 is 0 Å². The Kier molecular flexibility index (Phi) is 14.6. The van der Waals surface area contributed by atoms with E-state index >= 15 is 4.79 Å². The molecule has 1 aromatic rings. The Morgan fingerprint density at radius 2 is 1.69 bits per heavy atom. The fraction of sp³-hybridized carbons (Fsp3) is 0.718. The monoisotopic (exact) mass is 712 g/mol. The summed E-state index contributed by atoms with van der Waals surface area (Å²) in [4.78, 5) is 70.5. The van der Waals surface area contributed by atoms with Crippen LogP contribution in [0, 0.1) is 35.0 Å². The van der Waals surface area contributed by atoms with Gasteiger partial charge in [-0.2, -0.15) is 0 Å². The largest absolute Gasteiger partial charge is 0.480 e. The number of carboxylic acid groups (broad SMARTS) is 1. The molecule has 6 N–H and O–H groups in total. The molecule has 0 saturated carbocycles. The average molecular weight is 713 g/mol. The number of likely N-dealkylation sites (tertiary alicyclic amines) is 1. The van der Waals surface area contributed by atoms with Crippen LogP contribution < -0.4 is 21.8 Å². The first-order chi connectivity index (χ1) is 23.7. The lowest BCUT2D eigenvalue weighted by Crippen LogP contribution is -2.76. The molecule has 2 heterocycles. The van der Waals surface area contributed by atoms with E-state index in [4.69, 9.17) is 5.73 Å². The van der Waals surface area contributed by atoms with Crippen LogP contribution in [-0.4, -0.2) is 87.4 Å². The van der Waals surface area contributed by atoms with Gasteiger partial charge in [-0.15, -0.1) is 0 Å². The van der Waals surface area contributed by atoms with Gasteiger partial charge >= 0.3 is 5.97 Å². The van der Waals surface area contributed by atoms with Crippen molar-refractivity contribution in [3.63, 3.8) is 0 Å². The molecule has 4 amide bonds. The molecule has 9 atom stereocenters. The van der Waals surface area contributed by atoms with Gasteiger partial charge in [0.05, 0.1) is 18.0 Å². The van der Waals surface area contributed by atoms with Gasteiger partial charge in [0.1, 0.15) is 12.1 Å². The number of carbonyl (C=O) groups is 5. The summed E-state index contributed by atoms with van der Waals surface area (Å²) >= 11 is 0. The van der Waals surface area contributed by atoms with Crippen LogP contribution in [0.5, 0.6) is 0 Å². The lowest BCUT2D eigenvalue weighted by Gasteiger charge is -2.53. The minimum absolute atomic E-state index is 0.112. The van der Waals surface area contributed by atoms with E-state index in [1.807, 2.05) is 85.7 Å². The highest BCUT2D eigenvalue weighted by Gasteiger charge is 2.53. The molecule has 2 unspecified atom stereocenters. The summed E-state index contributed by atoms with van der Waals surface area (Å²) in [6, 6.07) is 4.81. The number of benzene rings is 1. The summed E-state index contributed by atoms with van der Waals surface area (Å²) in [6.07, 6.45) is 1.93. The first kappa shape index (κ1) is 41.9. The predicted molar refractivity (Wildman–Crippen MR) is 198 cm³/mol. The third-order valence-electron chi connectivity index (χ3n) is 10.2. The van der Waals surface area contributed by atoms with E-state index in [0.29, 0.717) is 25.7 Å². The van der Waals surface area contributed by atoms with Gasteiger partial charge in [-0.1, -0.05) is 106 Å². The van der Waals surface area contributed by atoms with Gasteiger partial charge in [0.2, 0.25) is 23.6 Å². The average Bonchev–Trinajstić information content (AvgIpc) is 3.01. The molecular weight excluding hydrogens is 648 g/mol. The third-order valence-corrected chi connectivity index (χ3v) is 10.2.